The van der Waals surface area contributed by atoms with Crippen LogP contribution in [0.2, 0.25) is 0 Å². The van der Waals surface area contributed by atoms with Gasteiger partial charge in [-0.3, -0.25) is 4.55 Å². The van der Waals surface area contributed by atoms with Crippen molar-refractivity contribution in [3.63, 3.8) is 0 Å². The Hall–Kier alpha value is 0.886. The van der Waals surface area contributed by atoms with Gasteiger partial charge in [-0.05, 0) is 0 Å². The van der Waals surface area contributed by atoms with Crippen LogP contribution in [0.1, 0.15) is 1.43 Å². The van der Waals surface area contributed by atoms with Crippen LogP contribution in [-0.2, 0) is 18.9 Å². The first-order valence-electron chi connectivity index (χ1n) is 2.23. The van der Waals surface area contributed by atoms with Crippen LogP contribution in [0, 0.1) is 0 Å². The van der Waals surface area contributed by atoms with Gasteiger partial charge in [-0.15, -0.1) is 3.97 Å². The van der Waals surface area contributed by atoms with Crippen molar-refractivity contribution in [3.8, 4) is 0 Å². The minimum Gasteiger partial charge on any atom is -1.00 e. The monoisotopic (exact) mass is 295 g/mol. The maximum Gasteiger partial charge on any atom is 1.00 e. The Kier molecular flexibility index (Phi) is 16.7. The van der Waals surface area contributed by atoms with Crippen molar-refractivity contribution in [1.29, 1.82) is 0 Å². The van der Waals surface area contributed by atoms with Gasteiger partial charge in [0.15, 0.2) is 0 Å². The van der Waals surface area contributed by atoms with Gasteiger partial charge in [-0.1, -0.05) is 0 Å². The van der Waals surface area contributed by atoms with E-state index < -0.39 is 24.3 Å². The molecule has 0 saturated carbocycles. The average Bonchev–Trinajstić information content (AvgIpc) is 1.47. The van der Waals surface area contributed by atoms with E-state index in [1.807, 2.05) is 0 Å². The molecule has 0 atom stereocenters. The molecule has 0 aliphatic heterocycles. The van der Waals surface area contributed by atoms with Gasteiger partial charge in [0.2, 0.25) is 0 Å². The summed E-state index contributed by atoms with van der Waals surface area (Å²) in [6, 6.07) is -0.833. The fourth-order valence-electron chi connectivity index (χ4n) is 0.123. The molecule has 11 nitrogen and oxygen atoms in total. The molecule has 0 rings (SSSR count). The summed E-state index contributed by atoms with van der Waals surface area (Å²) < 4.78 is 39.0. The normalized spacial score (nSPS) is 9.80. The molecule has 0 radical (unpaired) electrons. The van der Waals surface area contributed by atoms with Crippen LogP contribution in [0.15, 0.2) is 0 Å². The molecular formula is CH11KN3O8PS. The molecule has 0 unspecified atom stereocenters. The molecule has 0 spiro atoms. The summed E-state index contributed by atoms with van der Waals surface area (Å²) in [5.74, 6) is 0. The smallest absolute Gasteiger partial charge is 1.00 e. The zero-order valence-electron chi connectivity index (χ0n) is 8.60. The van der Waals surface area contributed by atoms with Crippen LogP contribution in [-0.4, -0.2) is 28.8 Å². The maximum atomic E-state index is 9.58. The number of carbonyl (C=O) groups excluding carboxylic acids is 1. The molecule has 14 heteroatoms. The largest absolute Gasteiger partial charge is 1.00 e. The Morgan fingerprint density at radius 1 is 1.33 bits per heavy atom. The first-order valence-corrected chi connectivity index (χ1v) is 5.12. The summed E-state index contributed by atoms with van der Waals surface area (Å²) in [6.45, 7) is 0. The topological polar surface area (TPSA) is 225 Å². The molecule has 0 aliphatic rings. The molecule has 0 fully saturated rings. The number of hydrogen-bond acceptors (Lipinski definition) is 6. The molecule has 0 aromatic carbocycles. The Balaban J connectivity index is -0.0000000511. The predicted octanol–water partition coefficient (Wildman–Crippen LogP) is -4.80. The quantitative estimate of drug-likeness (QED) is 0.163. The summed E-state index contributed by atoms with van der Waals surface area (Å²) >= 11 is 0. The van der Waals surface area contributed by atoms with Crippen LogP contribution in [0.5, 0.6) is 0 Å². The summed E-state index contributed by atoms with van der Waals surface area (Å²) in [7, 11) is -10.2. The summed E-state index contributed by atoms with van der Waals surface area (Å²) in [5.41, 5.74) is 8.50. The minimum absolute atomic E-state index is 0. The van der Waals surface area contributed by atoms with E-state index >= 15 is 0 Å². The molecule has 2 amide bonds. The van der Waals surface area contributed by atoms with Crippen molar-refractivity contribution in [3.05, 3.63) is 0 Å². The molecule has 10 N–H and O–H groups in total. The molecule has 90 valence electrons. The average molecular weight is 295 g/mol. The third kappa shape index (κ3) is 52.1. The fourth-order valence-corrected chi connectivity index (χ4v) is 1.10. The van der Waals surface area contributed by atoms with E-state index in [9.17, 15) is 13.0 Å². The third-order valence-corrected chi connectivity index (χ3v) is 1.72. The van der Waals surface area contributed by atoms with Gasteiger partial charge in [-0.2, -0.15) is 8.42 Å². The number of carbonyl (C=O) groups is 1. The van der Waals surface area contributed by atoms with Crippen molar-refractivity contribution in [1.82, 2.24) is 6.15 Å². The molecule has 0 aromatic heterocycles. The second-order valence-electron chi connectivity index (χ2n) is 1.40. The Bertz CT molecular complexity index is 309. The number of urea groups is 1. The van der Waals surface area contributed by atoms with Crippen LogP contribution >= 0.6 is 7.82 Å². The molecule has 0 aromatic rings. The first kappa shape index (κ1) is 24.9. The Morgan fingerprint density at radius 3 is 1.53 bits per heavy atom. The SMILES string of the molecule is N.NC(N)=O.O=P(O)(O)OS(=O)(=O)O.[H-].[K+]. The number of primary amides is 2. The van der Waals surface area contributed by atoms with E-state index in [0.717, 1.165) is 0 Å². The molecule has 0 aliphatic carbocycles. The molecule has 15 heavy (non-hydrogen) atoms. The van der Waals surface area contributed by atoms with Gasteiger partial charge >= 0.3 is 75.6 Å². The van der Waals surface area contributed by atoms with E-state index in [-0.39, 0.29) is 59.0 Å². The van der Waals surface area contributed by atoms with Crippen LogP contribution in [0.4, 0.5) is 4.79 Å². The van der Waals surface area contributed by atoms with Crippen molar-refractivity contribution in [2.24, 2.45) is 11.5 Å². The van der Waals surface area contributed by atoms with Crippen molar-refractivity contribution in [2.45, 2.75) is 0 Å². The van der Waals surface area contributed by atoms with Crippen molar-refractivity contribution >= 4 is 24.3 Å². The number of phosphoric acid groups is 1. The number of nitrogens with two attached hydrogens (primary N) is 2. The van der Waals surface area contributed by atoms with Gasteiger partial charge in [0, 0.05) is 0 Å². The fraction of sp³-hybridized carbons (Fsp3) is 0. The van der Waals surface area contributed by atoms with Crippen LogP contribution in [0.3, 0.4) is 0 Å². The van der Waals surface area contributed by atoms with Gasteiger partial charge in [0.25, 0.3) is 0 Å². The molecule has 0 bridgehead atoms. The predicted molar refractivity (Wildman–Crippen MR) is 44.6 cm³/mol. The molecular weight excluding hydrogens is 284 g/mol. The van der Waals surface area contributed by atoms with Gasteiger partial charge in [0.05, 0.1) is 0 Å². The Morgan fingerprint density at radius 2 is 1.53 bits per heavy atom. The minimum atomic E-state index is -5.13. The number of rotatable bonds is 2. The van der Waals surface area contributed by atoms with Crippen molar-refractivity contribution in [2.75, 3.05) is 0 Å². The standard InChI is InChI=1S/CH4N2O.K.H3N.H3O7PS.H/c2-1(3)4;;;1-8(2,3)7-9(4,5)6;/h(H4,2,3,4);;1H3;(H2,1,2,3)(H,4,5,6);/q;+1;;;-1. The Labute approximate surface area is 129 Å². The molecule has 0 saturated heterocycles. The van der Waals surface area contributed by atoms with Gasteiger partial charge in [0.1, 0.15) is 0 Å². The zero-order chi connectivity index (χ0) is 11.3. The second kappa shape index (κ2) is 10.1. The zero-order valence-corrected chi connectivity index (χ0v) is 12.4. The number of amides is 2. The van der Waals surface area contributed by atoms with E-state index in [1.54, 1.807) is 0 Å². The van der Waals surface area contributed by atoms with Gasteiger partial charge in [-0.25, -0.2) is 9.36 Å². The molecule has 0 heterocycles. The van der Waals surface area contributed by atoms with Crippen LogP contribution < -0.4 is 69.0 Å². The van der Waals surface area contributed by atoms with E-state index in [1.165, 1.54) is 0 Å². The van der Waals surface area contributed by atoms with E-state index in [4.69, 9.17) is 19.1 Å². The second-order valence-corrected chi connectivity index (χ2v) is 3.83. The van der Waals surface area contributed by atoms with E-state index in [2.05, 4.69) is 15.4 Å². The summed E-state index contributed by atoms with van der Waals surface area (Å²) in [5, 5.41) is 0. The maximum absolute atomic E-state index is 9.58. The first-order chi connectivity index (χ1) is 5.44. The number of hydrogen-bond donors (Lipinski definition) is 6. The third-order valence-electron chi connectivity index (χ3n) is 0.191. The van der Waals surface area contributed by atoms with E-state index in [0.29, 0.717) is 0 Å². The van der Waals surface area contributed by atoms with Crippen LogP contribution in [0.25, 0.3) is 0 Å². The summed E-state index contributed by atoms with van der Waals surface area (Å²) in [4.78, 5) is 24.4. The summed E-state index contributed by atoms with van der Waals surface area (Å²) in [6.07, 6.45) is 0. The van der Waals surface area contributed by atoms with Gasteiger partial charge < -0.3 is 28.8 Å². The van der Waals surface area contributed by atoms with Crippen molar-refractivity contribution < 1.29 is 88.9 Å².